The van der Waals surface area contributed by atoms with Crippen LogP contribution in [-0.4, -0.2) is 79.0 Å². The van der Waals surface area contributed by atoms with Crippen molar-refractivity contribution in [3.63, 3.8) is 0 Å². The van der Waals surface area contributed by atoms with Gasteiger partial charge < -0.3 is 10.1 Å². The molecule has 1 aromatic carbocycles. The van der Waals surface area contributed by atoms with E-state index in [1.54, 1.807) is 41.4 Å². The molecule has 1 atom stereocenters. The highest BCUT2D eigenvalue weighted by Crippen LogP contribution is 2.21. The number of piperidine rings is 1. The normalized spacial score (nSPS) is 15.8. The second-order valence-corrected chi connectivity index (χ2v) is 8.84. The number of rotatable bonds is 11. The Labute approximate surface area is 219 Å². The summed E-state index contributed by atoms with van der Waals surface area (Å²) in [7, 11) is 1.80. The summed E-state index contributed by atoms with van der Waals surface area (Å²) in [6.45, 7) is 7.87. The monoisotopic (exact) mass is 503 g/mol. The van der Waals surface area contributed by atoms with Gasteiger partial charge in [-0.1, -0.05) is 31.0 Å². The van der Waals surface area contributed by atoms with E-state index in [-0.39, 0.29) is 17.5 Å². The highest BCUT2D eigenvalue weighted by atomic mass is 16.5. The smallest absolute Gasteiger partial charge is 0.203 e. The Morgan fingerprint density at radius 2 is 2.16 bits per heavy atom. The third-order valence-electron chi connectivity index (χ3n) is 6.02. The van der Waals surface area contributed by atoms with E-state index in [4.69, 9.17) is 11.2 Å². The summed E-state index contributed by atoms with van der Waals surface area (Å²) in [6, 6.07) is 9.51. The van der Waals surface area contributed by atoms with E-state index in [1.807, 2.05) is 38.1 Å². The van der Waals surface area contributed by atoms with Gasteiger partial charge in [-0.15, -0.1) is 6.42 Å². The van der Waals surface area contributed by atoms with Gasteiger partial charge in [-0.25, -0.2) is 4.99 Å². The van der Waals surface area contributed by atoms with E-state index in [0.717, 1.165) is 37.1 Å². The van der Waals surface area contributed by atoms with Crippen molar-refractivity contribution in [2.24, 2.45) is 15.1 Å². The van der Waals surface area contributed by atoms with Gasteiger partial charge in [0, 0.05) is 49.8 Å². The number of aromatic nitrogens is 2. The Morgan fingerprint density at radius 1 is 1.35 bits per heavy atom. The molecule has 1 saturated heterocycles. The molecule has 1 N–H and O–H groups in total. The molecule has 9 heteroatoms. The summed E-state index contributed by atoms with van der Waals surface area (Å²) in [6.07, 6.45) is 12.8. The van der Waals surface area contributed by atoms with Crippen LogP contribution < -0.4 is 10.7 Å². The topological polar surface area (TPSA) is 96.5 Å². The summed E-state index contributed by atoms with van der Waals surface area (Å²) in [4.78, 5) is 21.9. The van der Waals surface area contributed by atoms with Crippen LogP contribution in [0.1, 0.15) is 49.4 Å². The zero-order chi connectivity index (χ0) is 26.5. The molecule has 2 aromatic rings. The zero-order valence-corrected chi connectivity index (χ0v) is 22.0. The van der Waals surface area contributed by atoms with Crippen molar-refractivity contribution in [3.05, 3.63) is 63.6 Å². The molecular weight excluding hydrogens is 466 g/mol. The third-order valence-corrected chi connectivity index (χ3v) is 6.02. The second-order valence-electron chi connectivity index (χ2n) is 8.84. The number of ether oxygens (including phenoxy) is 1. The number of nitrogens with one attached hydrogen (secondary N) is 1. The predicted octanol–water partition coefficient (Wildman–Crippen LogP) is 2.55. The molecule has 37 heavy (non-hydrogen) atoms. The first-order valence-electron chi connectivity index (χ1n) is 12.8. The first-order chi connectivity index (χ1) is 18.0. The van der Waals surface area contributed by atoms with Crippen molar-refractivity contribution in [1.82, 2.24) is 20.1 Å². The molecular formula is C28H37N7O2. The zero-order valence-electron chi connectivity index (χ0n) is 22.0. The van der Waals surface area contributed by atoms with E-state index >= 15 is 0 Å². The molecule has 1 aromatic heterocycles. The molecule has 1 aliphatic heterocycles. The minimum absolute atomic E-state index is 0.105. The van der Waals surface area contributed by atoms with Crippen molar-refractivity contribution in [1.29, 1.82) is 0 Å². The number of aliphatic imine (C=N–C) groups is 2. The van der Waals surface area contributed by atoms with Gasteiger partial charge in [0.1, 0.15) is 5.69 Å². The Bertz CT molecular complexity index is 1190. The molecule has 196 valence electrons. The lowest BCUT2D eigenvalue weighted by Crippen LogP contribution is -2.32. The largest absolute Gasteiger partial charge is 0.372 e. The SMILES string of the molecule is C#CCN(C)/N=C\Cn1ccc(=O)c(C(C)c2cccc(C(N=CCOC3CCNCC3)=NCC)c2)n1. The lowest BCUT2D eigenvalue weighted by molar-refractivity contribution is 0.0596. The minimum atomic E-state index is -0.212. The molecule has 9 nitrogen and oxygen atoms in total. The maximum atomic E-state index is 12.7. The fourth-order valence-corrected chi connectivity index (χ4v) is 4.02. The fourth-order valence-electron chi connectivity index (χ4n) is 4.02. The Balaban J connectivity index is 1.72. The van der Waals surface area contributed by atoms with Crippen LogP contribution >= 0.6 is 0 Å². The van der Waals surface area contributed by atoms with Crippen molar-refractivity contribution in [2.45, 2.75) is 45.3 Å². The number of amidine groups is 1. The van der Waals surface area contributed by atoms with E-state index in [2.05, 4.69) is 31.4 Å². The number of hydrogen-bond donors (Lipinski definition) is 1. The van der Waals surface area contributed by atoms with E-state index in [9.17, 15) is 4.79 Å². The standard InChI is InChI=1S/C28H37N7O2/c1-5-17-34(4)32-15-19-35-18-12-26(36)27(33-35)22(3)23-8-7-9-24(21-23)28(30-6-2)31-16-20-37-25-10-13-29-14-11-25/h1,7-9,12,15-16,18,21-22,25,29H,6,10-11,13-14,17,19-20H2,2-4H3/b30-28?,31-16?,32-15-. The van der Waals surface area contributed by atoms with E-state index < -0.39 is 0 Å². The van der Waals surface area contributed by atoms with Crippen LogP contribution in [-0.2, 0) is 11.3 Å². The first-order valence-corrected chi connectivity index (χ1v) is 12.8. The van der Waals surface area contributed by atoms with Gasteiger partial charge in [0.15, 0.2) is 5.84 Å². The number of hydrazone groups is 1. The van der Waals surface area contributed by atoms with Gasteiger partial charge in [0.25, 0.3) is 0 Å². The van der Waals surface area contributed by atoms with Crippen LogP contribution in [0.5, 0.6) is 0 Å². The first kappa shape index (κ1) is 28.0. The number of hydrogen-bond acceptors (Lipinski definition) is 7. The molecule has 0 spiro atoms. The summed E-state index contributed by atoms with van der Waals surface area (Å²) in [5, 5.41) is 13.8. The molecule has 0 saturated carbocycles. The predicted molar refractivity (Wildman–Crippen MR) is 150 cm³/mol. The van der Waals surface area contributed by atoms with E-state index in [1.165, 1.54) is 0 Å². The number of nitrogens with zero attached hydrogens (tertiary/aromatic N) is 6. The molecule has 0 radical (unpaired) electrons. The number of terminal acetylenes is 1. The van der Waals surface area contributed by atoms with Crippen LogP contribution in [0, 0.1) is 12.3 Å². The Morgan fingerprint density at radius 3 is 2.92 bits per heavy atom. The van der Waals surface area contributed by atoms with Crippen LogP contribution in [0.15, 0.2) is 56.4 Å². The van der Waals surface area contributed by atoms with E-state index in [0.29, 0.717) is 37.8 Å². The van der Waals surface area contributed by atoms with Crippen molar-refractivity contribution < 1.29 is 4.74 Å². The molecule has 1 unspecified atom stereocenters. The maximum absolute atomic E-state index is 12.7. The molecule has 0 amide bonds. The number of benzene rings is 1. The summed E-state index contributed by atoms with van der Waals surface area (Å²) in [5.41, 5.74) is 2.22. The highest BCUT2D eigenvalue weighted by Gasteiger charge is 2.16. The quantitative estimate of drug-likeness (QED) is 0.220. The second kappa shape index (κ2) is 14.8. The molecule has 3 rings (SSSR count). The van der Waals surface area contributed by atoms with Gasteiger partial charge in [-0.2, -0.15) is 10.2 Å². The average molecular weight is 504 g/mol. The van der Waals surface area contributed by atoms with Crippen molar-refractivity contribution >= 4 is 18.3 Å². The maximum Gasteiger partial charge on any atom is 0.203 e. The Hall–Kier alpha value is -3.61. The fraction of sp³-hybridized carbons (Fsp3) is 0.464. The highest BCUT2D eigenvalue weighted by molar-refractivity contribution is 6.03. The minimum Gasteiger partial charge on any atom is -0.372 e. The lowest BCUT2D eigenvalue weighted by Gasteiger charge is -2.22. The third kappa shape index (κ3) is 8.77. The molecule has 0 aliphatic carbocycles. The van der Waals surface area contributed by atoms with Crippen LogP contribution in [0.2, 0.25) is 0 Å². The molecule has 1 fully saturated rings. The average Bonchev–Trinajstić information content (AvgIpc) is 2.92. The van der Waals surface area contributed by atoms with Crippen LogP contribution in [0.4, 0.5) is 0 Å². The summed E-state index contributed by atoms with van der Waals surface area (Å²) >= 11 is 0. The van der Waals surface area contributed by atoms with Gasteiger partial charge >= 0.3 is 0 Å². The van der Waals surface area contributed by atoms with Gasteiger partial charge in [-0.3, -0.25) is 19.5 Å². The summed E-state index contributed by atoms with van der Waals surface area (Å²) in [5.74, 6) is 2.97. The molecule has 2 heterocycles. The molecule has 0 bridgehead atoms. The van der Waals surface area contributed by atoms with Gasteiger partial charge in [0.2, 0.25) is 5.43 Å². The molecule has 1 aliphatic rings. The van der Waals surface area contributed by atoms with Gasteiger partial charge in [-0.05, 0) is 44.5 Å². The van der Waals surface area contributed by atoms with Crippen LogP contribution in [0.25, 0.3) is 0 Å². The van der Waals surface area contributed by atoms with Crippen LogP contribution in [0.3, 0.4) is 0 Å². The lowest BCUT2D eigenvalue weighted by atomic mass is 9.95. The van der Waals surface area contributed by atoms with Crippen molar-refractivity contribution in [3.8, 4) is 12.3 Å². The Kier molecular flexibility index (Phi) is 11.2. The summed E-state index contributed by atoms with van der Waals surface area (Å²) < 4.78 is 7.63. The van der Waals surface area contributed by atoms with Gasteiger partial charge in [0.05, 0.1) is 25.8 Å². The van der Waals surface area contributed by atoms with Crippen molar-refractivity contribution in [2.75, 3.05) is 39.8 Å².